The third kappa shape index (κ3) is 5.96. The second-order valence-electron chi connectivity index (χ2n) is 9.03. The van der Waals surface area contributed by atoms with Crippen molar-refractivity contribution in [3.05, 3.63) is 70.9 Å². The zero-order chi connectivity index (χ0) is 21.7. The molecule has 0 amide bonds. The smallest absolute Gasteiger partial charge is 0.328 e. The van der Waals surface area contributed by atoms with Gasteiger partial charge in [0.1, 0.15) is 12.4 Å². The number of aliphatic carboxylic acids is 1. The topological polar surface area (TPSA) is 46.5 Å². The first-order chi connectivity index (χ1) is 13.6. The van der Waals surface area contributed by atoms with Gasteiger partial charge in [-0.25, -0.2) is 4.79 Å². The molecule has 0 spiro atoms. The number of hydrogen-bond acceptors (Lipinski definition) is 2. The lowest BCUT2D eigenvalue weighted by Gasteiger charge is -2.42. The average Bonchev–Trinajstić information content (AvgIpc) is 2.62. The van der Waals surface area contributed by atoms with Gasteiger partial charge in [0.25, 0.3) is 0 Å². The van der Waals surface area contributed by atoms with E-state index in [1.165, 1.54) is 17.2 Å². The Kier molecular flexibility index (Phi) is 7.29. The molecule has 1 aliphatic carbocycles. The molecule has 0 unspecified atom stereocenters. The van der Waals surface area contributed by atoms with Crippen LogP contribution in [0, 0.1) is 0 Å². The van der Waals surface area contributed by atoms with Crippen LogP contribution in [0.15, 0.2) is 54.2 Å². The molecule has 0 atom stereocenters. The largest absolute Gasteiger partial charge is 0.489 e. The molecule has 0 saturated carbocycles. The van der Waals surface area contributed by atoms with Crippen LogP contribution in [0.25, 0.3) is 6.08 Å². The summed E-state index contributed by atoms with van der Waals surface area (Å²) >= 11 is 0. The first-order valence-electron chi connectivity index (χ1n) is 10.3. The molecule has 0 aromatic heterocycles. The van der Waals surface area contributed by atoms with Gasteiger partial charge in [-0.2, -0.15) is 0 Å². The highest BCUT2D eigenvalue weighted by Gasteiger charge is 2.37. The van der Waals surface area contributed by atoms with Gasteiger partial charge in [0, 0.05) is 11.6 Å². The van der Waals surface area contributed by atoms with Crippen molar-refractivity contribution in [3.63, 3.8) is 0 Å². The standard InChI is InChI=1S/C26H34O3/c1-7-8-15-29-23-18-22-21(25(3,4)13-14-26(22,5)6)17-20(23)12-10-9-11-19(2)16-24(27)28/h7-12,16-18H,13-15H2,1-6H3,(H,27,28). The lowest BCUT2D eigenvalue weighted by Crippen LogP contribution is -2.34. The number of carbonyl (C=O) groups is 1. The minimum Gasteiger partial charge on any atom is -0.489 e. The van der Waals surface area contributed by atoms with Gasteiger partial charge in [0.15, 0.2) is 0 Å². The van der Waals surface area contributed by atoms with E-state index in [2.05, 4.69) is 39.8 Å². The molecule has 0 saturated heterocycles. The van der Waals surface area contributed by atoms with E-state index in [4.69, 9.17) is 9.84 Å². The lowest BCUT2D eigenvalue weighted by molar-refractivity contribution is -0.131. The molecule has 0 aliphatic heterocycles. The molecule has 3 nitrogen and oxygen atoms in total. The van der Waals surface area contributed by atoms with E-state index in [9.17, 15) is 4.79 Å². The number of rotatable bonds is 7. The quantitative estimate of drug-likeness (QED) is 0.322. The Morgan fingerprint density at radius 1 is 1.10 bits per heavy atom. The fourth-order valence-electron chi connectivity index (χ4n) is 3.71. The molecule has 0 fully saturated rings. The number of hydrogen-bond donors (Lipinski definition) is 1. The molecule has 29 heavy (non-hydrogen) atoms. The summed E-state index contributed by atoms with van der Waals surface area (Å²) < 4.78 is 6.08. The van der Waals surface area contributed by atoms with Crippen LogP contribution < -0.4 is 4.74 Å². The molecule has 3 heteroatoms. The van der Waals surface area contributed by atoms with Crippen molar-refractivity contribution in [2.75, 3.05) is 6.61 Å². The summed E-state index contributed by atoms with van der Waals surface area (Å²) in [5, 5.41) is 8.81. The average molecular weight is 395 g/mol. The fourth-order valence-corrected chi connectivity index (χ4v) is 3.71. The summed E-state index contributed by atoms with van der Waals surface area (Å²) in [6.45, 7) is 13.5. The van der Waals surface area contributed by atoms with Crippen LogP contribution in [-0.2, 0) is 15.6 Å². The second-order valence-corrected chi connectivity index (χ2v) is 9.03. The molecular weight excluding hydrogens is 360 g/mol. The zero-order valence-electron chi connectivity index (χ0n) is 18.6. The van der Waals surface area contributed by atoms with E-state index < -0.39 is 5.97 Å². The van der Waals surface area contributed by atoms with Crippen LogP contribution in [0.3, 0.4) is 0 Å². The second kappa shape index (κ2) is 9.30. The van der Waals surface area contributed by atoms with Gasteiger partial charge in [-0.05, 0) is 66.4 Å². The van der Waals surface area contributed by atoms with Gasteiger partial charge in [-0.1, -0.05) is 64.2 Å². The van der Waals surface area contributed by atoms with Crippen LogP contribution >= 0.6 is 0 Å². The van der Waals surface area contributed by atoms with Crippen LogP contribution in [0.5, 0.6) is 5.75 Å². The molecule has 1 aliphatic rings. The highest BCUT2D eigenvalue weighted by Crippen LogP contribution is 2.47. The summed E-state index contributed by atoms with van der Waals surface area (Å²) in [6.07, 6.45) is 15.1. The predicted octanol–water partition coefficient (Wildman–Crippen LogP) is 6.59. The van der Waals surface area contributed by atoms with Crippen molar-refractivity contribution in [1.29, 1.82) is 0 Å². The van der Waals surface area contributed by atoms with E-state index in [-0.39, 0.29) is 10.8 Å². The van der Waals surface area contributed by atoms with Crippen molar-refractivity contribution < 1.29 is 14.6 Å². The molecule has 0 heterocycles. The Labute approximate surface area is 175 Å². The van der Waals surface area contributed by atoms with Crippen molar-refractivity contribution in [2.45, 2.75) is 65.2 Å². The Morgan fingerprint density at radius 2 is 1.72 bits per heavy atom. The van der Waals surface area contributed by atoms with Crippen LogP contribution in [0.1, 0.15) is 71.1 Å². The van der Waals surface area contributed by atoms with Crippen molar-refractivity contribution in [1.82, 2.24) is 0 Å². The SMILES string of the molecule is CC=CCOc1cc2c(cc1C=CC=CC(C)=CC(=O)O)C(C)(C)CCC2(C)C. The first kappa shape index (κ1) is 22.7. The molecule has 1 aromatic rings. The monoisotopic (exact) mass is 394 g/mol. The minimum absolute atomic E-state index is 0.129. The number of carboxylic acids is 1. The van der Waals surface area contributed by atoms with E-state index in [0.29, 0.717) is 12.2 Å². The Morgan fingerprint density at radius 3 is 2.31 bits per heavy atom. The van der Waals surface area contributed by atoms with Crippen molar-refractivity contribution in [3.8, 4) is 5.75 Å². The molecule has 156 valence electrons. The third-order valence-corrected chi connectivity index (χ3v) is 5.65. The van der Waals surface area contributed by atoms with E-state index in [1.54, 1.807) is 13.0 Å². The van der Waals surface area contributed by atoms with E-state index >= 15 is 0 Å². The molecule has 1 N–H and O–H groups in total. The first-order valence-corrected chi connectivity index (χ1v) is 10.3. The number of fused-ring (bicyclic) bond motifs is 1. The lowest BCUT2D eigenvalue weighted by atomic mass is 9.63. The Bertz CT molecular complexity index is 864. The molecule has 2 rings (SSSR count). The highest BCUT2D eigenvalue weighted by atomic mass is 16.5. The molecule has 0 radical (unpaired) electrons. The summed E-state index contributed by atoms with van der Waals surface area (Å²) in [5.74, 6) is -0.0506. The summed E-state index contributed by atoms with van der Waals surface area (Å²) in [5.41, 5.74) is 4.76. The molecule has 1 aromatic carbocycles. The maximum Gasteiger partial charge on any atom is 0.328 e. The maximum atomic E-state index is 10.7. The molecular formula is C26H34O3. The van der Waals surface area contributed by atoms with Gasteiger partial charge in [-0.3, -0.25) is 0 Å². The van der Waals surface area contributed by atoms with Gasteiger partial charge in [0.05, 0.1) is 0 Å². The highest BCUT2D eigenvalue weighted by molar-refractivity contribution is 5.81. The van der Waals surface area contributed by atoms with Gasteiger partial charge in [-0.15, -0.1) is 0 Å². The van der Waals surface area contributed by atoms with Gasteiger partial charge in [0.2, 0.25) is 0 Å². The van der Waals surface area contributed by atoms with Gasteiger partial charge >= 0.3 is 5.97 Å². The number of carboxylic acid groups (broad SMARTS) is 1. The van der Waals surface area contributed by atoms with Crippen molar-refractivity contribution in [2.24, 2.45) is 0 Å². The fraction of sp³-hybridized carbons (Fsp3) is 0.423. The normalized spacial score (nSPS) is 18.5. The Balaban J connectivity index is 2.45. The van der Waals surface area contributed by atoms with Crippen LogP contribution in [0.2, 0.25) is 0 Å². The van der Waals surface area contributed by atoms with E-state index in [0.717, 1.165) is 24.2 Å². The number of allylic oxidation sites excluding steroid dienone is 5. The number of benzene rings is 1. The van der Waals surface area contributed by atoms with E-state index in [1.807, 2.05) is 37.3 Å². The number of ether oxygens (including phenoxy) is 1. The minimum atomic E-state index is -0.935. The van der Waals surface area contributed by atoms with Crippen molar-refractivity contribution >= 4 is 12.0 Å². The zero-order valence-corrected chi connectivity index (χ0v) is 18.6. The molecule has 0 bridgehead atoms. The van der Waals surface area contributed by atoms with Crippen LogP contribution in [0.4, 0.5) is 0 Å². The Hall–Kier alpha value is -2.55. The third-order valence-electron chi connectivity index (χ3n) is 5.65. The van der Waals surface area contributed by atoms with Crippen LogP contribution in [-0.4, -0.2) is 17.7 Å². The maximum absolute atomic E-state index is 10.7. The predicted molar refractivity (Wildman–Crippen MR) is 122 cm³/mol. The summed E-state index contributed by atoms with van der Waals surface area (Å²) in [4.78, 5) is 10.7. The summed E-state index contributed by atoms with van der Waals surface area (Å²) in [6, 6.07) is 4.49. The summed E-state index contributed by atoms with van der Waals surface area (Å²) in [7, 11) is 0. The van der Waals surface area contributed by atoms with Gasteiger partial charge < -0.3 is 9.84 Å².